The van der Waals surface area contributed by atoms with Crippen LogP contribution in [0.3, 0.4) is 0 Å². The molecule has 2 aliphatic rings. The third kappa shape index (κ3) is 12.8. The summed E-state index contributed by atoms with van der Waals surface area (Å²) < 4.78 is 90.0. The number of anilines is 6. The predicted molar refractivity (Wildman–Crippen MR) is 534 cm³/mol. The highest BCUT2D eigenvalue weighted by Crippen LogP contribution is 2.65. The molecule has 6 heteroatoms. The molecular weight excluding hydrogens is 1520 g/mol. The van der Waals surface area contributed by atoms with Gasteiger partial charge in [-0.15, -0.1) is 0 Å². The van der Waals surface area contributed by atoms with Crippen molar-refractivity contribution in [3.63, 3.8) is 0 Å². The molecule has 0 bridgehead atoms. The third-order valence-electron chi connectivity index (χ3n) is 26.9. The zero-order chi connectivity index (χ0) is 94.0. The Morgan fingerprint density at radius 1 is 0.248 bits per heavy atom. The summed E-state index contributed by atoms with van der Waals surface area (Å²) in [5.74, 6) is -0.459. The van der Waals surface area contributed by atoms with Crippen molar-refractivity contribution in [1.82, 2.24) is 13.7 Å². The van der Waals surface area contributed by atoms with E-state index in [0.29, 0.717) is 27.9 Å². The number of nitrogens with zero attached hydrogens (tertiary/aromatic N) is 5. The number of rotatable bonds is 8. The van der Waals surface area contributed by atoms with Crippen LogP contribution in [0.5, 0.6) is 0 Å². The molecule has 125 heavy (non-hydrogen) atoms. The second-order valence-corrected chi connectivity index (χ2v) is 42.5. The van der Waals surface area contributed by atoms with Gasteiger partial charge >= 0.3 is 0 Å². The van der Waals surface area contributed by atoms with Crippen LogP contribution in [-0.2, 0) is 37.9 Å². The van der Waals surface area contributed by atoms with Gasteiger partial charge in [0, 0.05) is 71.4 Å². The minimum Gasteiger partial charge on any atom is -0.452 e. The maximum atomic E-state index is 9.82. The summed E-state index contributed by atoms with van der Waals surface area (Å²) >= 11 is 0. The number of fused-ring (bicyclic) bond motifs is 16. The SMILES string of the molecule is [2H]c1c([2H])c([2H])c2c(c1[2H])c1c([2H])c([2H])c([2H])c([2H])c1n2-c1cccc2c1oc1c(N3c4cc(-n5c6ccc(C(C)(C)C)cc6c6cc(C(C)(C)C)ccc65)ccc4C4c5ccc(-c6cc(C(C)(C)C)cc(C(C)(C)C)c6)cc5N(c5c(-c6ccccc6)cc(C(C)(C)C)cc5-c5ccccc5)c5cc(-n6c7ccc(C(C)(C)C)cc7c7cc(C(C)(C)C)ccc76)cc3c54)cccc12. The highest BCUT2D eigenvalue weighted by Gasteiger charge is 2.45. The van der Waals surface area contributed by atoms with Gasteiger partial charge in [-0.3, -0.25) is 0 Å². The van der Waals surface area contributed by atoms with E-state index in [-0.39, 0.29) is 59.7 Å². The molecule has 0 aliphatic carbocycles. The van der Waals surface area contributed by atoms with Crippen LogP contribution in [0.15, 0.2) is 301 Å². The number of hydrogen-bond acceptors (Lipinski definition) is 3. The van der Waals surface area contributed by atoms with E-state index in [1.165, 1.54) is 38.9 Å². The van der Waals surface area contributed by atoms with Crippen molar-refractivity contribution < 1.29 is 15.4 Å². The monoisotopic (exact) mass is 1640 g/mol. The summed E-state index contributed by atoms with van der Waals surface area (Å²) in [6.45, 7) is 48.5. The lowest BCUT2D eigenvalue weighted by atomic mass is 9.74. The minimum atomic E-state index is -0.515. The quantitative estimate of drug-likeness (QED) is 0.152. The van der Waals surface area contributed by atoms with E-state index in [1.807, 2.05) is 18.2 Å². The molecule has 6 nitrogen and oxygen atoms in total. The summed E-state index contributed by atoms with van der Waals surface area (Å²) in [6.07, 6.45) is 0. The van der Waals surface area contributed by atoms with Crippen molar-refractivity contribution in [2.45, 2.75) is 189 Å². The molecular formula is C119H113N5O. The second kappa shape index (κ2) is 27.8. The van der Waals surface area contributed by atoms with Crippen LogP contribution in [0.4, 0.5) is 34.1 Å². The first-order valence-electron chi connectivity index (χ1n) is 48.4. The van der Waals surface area contributed by atoms with E-state index >= 15 is 0 Å². The molecule has 4 aromatic heterocycles. The molecule has 0 fully saturated rings. The summed E-state index contributed by atoms with van der Waals surface area (Å²) in [5.41, 5.74) is 29.7. The number of hydrogen-bond donors (Lipinski definition) is 0. The molecule has 19 aromatic rings. The Kier molecular flexibility index (Phi) is 15.7. The molecule has 2 aliphatic heterocycles. The Morgan fingerprint density at radius 3 is 1.08 bits per heavy atom. The Morgan fingerprint density at radius 2 is 0.632 bits per heavy atom. The third-order valence-corrected chi connectivity index (χ3v) is 26.9. The largest absolute Gasteiger partial charge is 0.452 e. The lowest BCUT2D eigenvalue weighted by molar-refractivity contribution is 0.569. The van der Waals surface area contributed by atoms with Gasteiger partial charge in [-0.05, 0) is 225 Å². The average molecular weight is 1640 g/mol. The van der Waals surface area contributed by atoms with Gasteiger partial charge in [-0.2, -0.15) is 0 Å². The van der Waals surface area contributed by atoms with Gasteiger partial charge in [-0.1, -0.05) is 327 Å². The topological polar surface area (TPSA) is 34.4 Å². The Hall–Kier alpha value is -12.9. The molecule has 0 spiro atoms. The summed E-state index contributed by atoms with van der Waals surface area (Å²) in [4.78, 5) is 5.14. The van der Waals surface area contributed by atoms with Crippen molar-refractivity contribution in [2.24, 2.45) is 0 Å². The van der Waals surface area contributed by atoms with Gasteiger partial charge in [0.15, 0.2) is 11.2 Å². The molecule has 6 heterocycles. The van der Waals surface area contributed by atoms with Crippen LogP contribution in [0.1, 0.15) is 218 Å². The lowest BCUT2D eigenvalue weighted by Gasteiger charge is -2.46. The first-order valence-corrected chi connectivity index (χ1v) is 44.4. The van der Waals surface area contributed by atoms with Crippen molar-refractivity contribution in [3.05, 3.63) is 353 Å². The minimum absolute atomic E-state index is 0.000667. The molecule has 0 N–H and O–H groups in total. The van der Waals surface area contributed by atoms with E-state index in [4.69, 9.17) is 7.16 Å². The first kappa shape index (κ1) is 70.5. The van der Waals surface area contributed by atoms with E-state index in [2.05, 4.69) is 395 Å². The van der Waals surface area contributed by atoms with Crippen molar-refractivity contribution in [2.75, 3.05) is 9.80 Å². The van der Waals surface area contributed by atoms with Crippen LogP contribution in [0.2, 0.25) is 0 Å². The highest BCUT2D eigenvalue weighted by molar-refractivity contribution is 6.17. The predicted octanol–water partition coefficient (Wildman–Crippen LogP) is 33.7. The number of furan rings is 1. The molecule has 15 aromatic carbocycles. The number of aromatic nitrogens is 3. The van der Waals surface area contributed by atoms with Crippen LogP contribution >= 0.6 is 0 Å². The maximum absolute atomic E-state index is 9.82. The maximum Gasteiger partial charge on any atom is 0.159 e. The van der Waals surface area contributed by atoms with E-state index in [1.54, 1.807) is 4.57 Å². The van der Waals surface area contributed by atoms with Gasteiger partial charge in [0.1, 0.15) is 0 Å². The smallest absolute Gasteiger partial charge is 0.159 e. The molecule has 620 valence electrons. The molecule has 0 radical (unpaired) electrons. The van der Waals surface area contributed by atoms with Gasteiger partial charge in [0.05, 0.1) is 89.6 Å². The van der Waals surface area contributed by atoms with Gasteiger partial charge in [-0.25, -0.2) is 0 Å². The van der Waals surface area contributed by atoms with E-state index in [9.17, 15) is 8.22 Å². The fourth-order valence-corrected chi connectivity index (χ4v) is 19.8. The molecule has 0 amide bonds. The van der Waals surface area contributed by atoms with Crippen LogP contribution < -0.4 is 9.80 Å². The Labute approximate surface area is 748 Å². The highest BCUT2D eigenvalue weighted by atomic mass is 16.3. The van der Waals surface area contributed by atoms with E-state index in [0.717, 1.165) is 139 Å². The average Bonchev–Trinajstić information content (AvgIpc) is 1.42. The molecule has 1 unspecified atom stereocenters. The Bertz CT molecular complexity index is 7900. The molecule has 21 rings (SSSR count). The summed E-state index contributed by atoms with van der Waals surface area (Å²) in [6, 6.07) is 90.4. The lowest BCUT2D eigenvalue weighted by Crippen LogP contribution is -2.30. The first-order chi connectivity index (χ1) is 62.7. The van der Waals surface area contributed by atoms with Crippen molar-refractivity contribution in [1.29, 1.82) is 0 Å². The normalized spacial score (nSPS) is 15.1. The van der Waals surface area contributed by atoms with Gasteiger partial charge in [0.2, 0.25) is 0 Å². The standard InChI is InChI=1S/C119H113N5O/c1-113(2,3)75-47-54-98-92(62-75)93-63-76(114(4,5)6)48-55-99(93)120(98)82-51-53-89-105(68-82)123(103-45-33-41-87-86-40-32-44-102(111(86)125-112(87)103)122-96-42-30-28-38-84(96)85-39-29-31-43-97(85)122)106-69-83(121-100-56-49-77(115(7,8)9)64-94(100)95-65-78(116(10,11)12)50-57-101(95)121)70-107-109(106)108(89)88-52-46-73(74-58-79(117(13,14)15)61-80(59-74)118(16,17)18)60-104(88)124(107)110-90(71-34-24-22-25-35-71)66-81(119(19,20)21)67-91(110)72-36-26-23-27-37-72/h22-70,108H,1-21H3/i28D,29D,30D,31D,38D,39D,42D,43D. The van der Waals surface area contributed by atoms with Crippen molar-refractivity contribution in [3.8, 4) is 50.4 Å². The molecule has 1 atom stereocenters. The van der Waals surface area contributed by atoms with E-state index < -0.39 is 54.3 Å². The van der Waals surface area contributed by atoms with Gasteiger partial charge in [0.25, 0.3) is 0 Å². The van der Waals surface area contributed by atoms with Gasteiger partial charge < -0.3 is 27.9 Å². The zero-order valence-electron chi connectivity index (χ0n) is 83.9. The zero-order valence-corrected chi connectivity index (χ0v) is 75.9. The Balaban J connectivity index is 0.967. The van der Waals surface area contributed by atoms with Crippen molar-refractivity contribution >= 4 is 121 Å². The van der Waals surface area contributed by atoms with Crippen LogP contribution in [0, 0.1) is 0 Å². The molecule has 0 saturated heterocycles. The number of para-hydroxylation sites is 4. The summed E-state index contributed by atoms with van der Waals surface area (Å²) in [7, 11) is 0. The number of benzene rings is 15. The molecule has 0 saturated carbocycles. The van der Waals surface area contributed by atoms with Crippen LogP contribution in [0.25, 0.3) is 138 Å². The van der Waals surface area contributed by atoms with Crippen LogP contribution in [-0.4, -0.2) is 13.7 Å². The fraction of sp³-hybridized carbons (Fsp3) is 0.244. The second-order valence-electron chi connectivity index (χ2n) is 42.5. The summed E-state index contributed by atoms with van der Waals surface area (Å²) in [5, 5.41) is 5.99. The fourth-order valence-electron chi connectivity index (χ4n) is 19.8.